The Morgan fingerprint density at radius 1 is 1.33 bits per heavy atom. The number of hydrogen-bond acceptors (Lipinski definition) is 4. The van der Waals surface area contributed by atoms with Gasteiger partial charge in [-0.1, -0.05) is 0 Å². The molecule has 1 unspecified atom stereocenters. The summed E-state index contributed by atoms with van der Waals surface area (Å²) in [6, 6.07) is 5.45. The Kier molecular flexibility index (Phi) is 7.45. The first kappa shape index (κ1) is 17.2. The minimum atomic E-state index is -1.04. The van der Waals surface area contributed by atoms with Crippen LogP contribution in [0.2, 0.25) is 0 Å². The third kappa shape index (κ3) is 6.40. The molecule has 1 rings (SSSR count). The number of hydrogen-bond donors (Lipinski definition) is 3. The van der Waals surface area contributed by atoms with E-state index >= 15 is 0 Å². The molecule has 0 saturated heterocycles. The molecule has 0 aliphatic carbocycles. The van der Waals surface area contributed by atoms with Gasteiger partial charge in [0, 0.05) is 5.69 Å². The number of benzene rings is 1. The molecule has 0 bridgehead atoms. The molecule has 1 aromatic carbocycles. The van der Waals surface area contributed by atoms with Gasteiger partial charge in [-0.05, 0) is 49.6 Å². The summed E-state index contributed by atoms with van der Waals surface area (Å²) in [5, 5.41) is 14.1. The van der Waals surface area contributed by atoms with Crippen LogP contribution < -0.4 is 15.4 Å². The van der Waals surface area contributed by atoms with Gasteiger partial charge in [-0.15, -0.1) is 0 Å². The molecule has 0 heterocycles. The number of carbonyl (C=O) groups excluding carboxylic acids is 1. The Labute approximate surface area is 128 Å². The number of thioether (sulfide) groups is 1. The van der Waals surface area contributed by atoms with Gasteiger partial charge >= 0.3 is 12.0 Å². The fourth-order valence-corrected chi connectivity index (χ4v) is 2.09. The summed E-state index contributed by atoms with van der Waals surface area (Å²) >= 11 is 1.54. The first-order valence-electron chi connectivity index (χ1n) is 6.59. The van der Waals surface area contributed by atoms with Crippen molar-refractivity contribution in [2.75, 3.05) is 23.9 Å². The number of anilines is 1. The van der Waals surface area contributed by atoms with E-state index in [1.54, 1.807) is 24.3 Å². The molecular formula is C14H20N2O4S. The van der Waals surface area contributed by atoms with E-state index in [1.165, 1.54) is 11.8 Å². The predicted molar refractivity (Wildman–Crippen MR) is 84.2 cm³/mol. The van der Waals surface area contributed by atoms with Crippen molar-refractivity contribution in [3.05, 3.63) is 24.3 Å². The maximum atomic E-state index is 11.8. The number of urea groups is 1. The van der Waals surface area contributed by atoms with Crippen LogP contribution in [0.5, 0.6) is 5.75 Å². The van der Waals surface area contributed by atoms with E-state index in [0.29, 0.717) is 30.2 Å². The summed E-state index contributed by atoms with van der Waals surface area (Å²) in [6.45, 7) is 2.46. The van der Waals surface area contributed by atoms with Gasteiger partial charge in [0.1, 0.15) is 11.8 Å². The maximum absolute atomic E-state index is 11.8. The third-order valence-electron chi connectivity index (χ3n) is 2.64. The van der Waals surface area contributed by atoms with E-state index in [1.807, 2.05) is 13.2 Å². The van der Waals surface area contributed by atoms with Crippen LogP contribution in [0.1, 0.15) is 13.3 Å². The average molecular weight is 312 g/mol. The molecule has 0 saturated carbocycles. The van der Waals surface area contributed by atoms with Gasteiger partial charge in [0.25, 0.3) is 0 Å². The normalized spacial score (nSPS) is 11.5. The Balaban J connectivity index is 2.52. The molecule has 0 aromatic heterocycles. The van der Waals surface area contributed by atoms with E-state index in [-0.39, 0.29) is 0 Å². The predicted octanol–water partition coefficient (Wildman–Crippen LogP) is 2.41. The second-order valence-corrected chi connectivity index (χ2v) is 5.21. The standard InChI is InChI=1S/C14H20N2O4S/c1-3-20-11-6-4-10(5-7-11)15-14(19)16-12(13(17)18)8-9-21-2/h4-7,12H,3,8-9H2,1-2H3,(H,17,18)(H2,15,16,19). The van der Waals surface area contributed by atoms with E-state index in [2.05, 4.69) is 10.6 Å². The Bertz CT molecular complexity index is 465. The van der Waals surface area contributed by atoms with Crippen molar-refractivity contribution in [1.82, 2.24) is 5.32 Å². The zero-order valence-electron chi connectivity index (χ0n) is 12.1. The molecule has 0 radical (unpaired) electrons. The van der Waals surface area contributed by atoms with Crippen LogP contribution in [-0.2, 0) is 4.79 Å². The highest BCUT2D eigenvalue weighted by atomic mass is 32.2. The lowest BCUT2D eigenvalue weighted by molar-refractivity contribution is -0.139. The number of carboxylic acids is 1. The van der Waals surface area contributed by atoms with Crippen molar-refractivity contribution in [2.24, 2.45) is 0 Å². The van der Waals surface area contributed by atoms with Crippen molar-refractivity contribution in [3.8, 4) is 5.75 Å². The van der Waals surface area contributed by atoms with Gasteiger partial charge < -0.3 is 20.5 Å². The quantitative estimate of drug-likeness (QED) is 0.686. The van der Waals surface area contributed by atoms with E-state index in [9.17, 15) is 9.59 Å². The van der Waals surface area contributed by atoms with Crippen LogP contribution in [-0.4, -0.2) is 41.8 Å². The van der Waals surface area contributed by atoms with Crippen LogP contribution in [0.4, 0.5) is 10.5 Å². The maximum Gasteiger partial charge on any atom is 0.326 e. The number of carboxylic acid groups (broad SMARTS) is 1. The average Bonchev–Trinajstić information content (AvgIpc) is 2.45. The van der Waals surface area contributed by atoms with Crippen LogP contribution in [0.25, 0.3) is 0 Å². The Hall–Kier alpha value is -1.89. The molecule has 3 N–H and O–H groups in total. The summed E-state index contributed by atoms with van der Waals surface area (Å²) in [5.41, 5.74) is 0.574. The minimum Gasteiger partial charge on any atom is -0.494 e. The lowest BCUT2D eigenvalue weighted by Gasteiger charge is -2.14. The molecule has 116 valence electrons. The highest BCUT2D eigenvalue weighted by Crippen LogP contribution is 2.15. The fraction of sp³-hybridized carbons (Fsp3) is 0.429. The molecule has 21 heavy (non-hydrogen) atoms. The van der Waals surface area contributed by atoms with Crippen LogP contribution >= 0.6 is 11.8 Å². The summed E-state index contributed by atoms with van der Waals surface area (Å²) in [4.78, 5) is 22.8. The second kappa shape index (κ2) is 9.12. The fourth-order valence-electron chi connectivity index (χ4n) is 1.62. The SMILES string of the molecule is CCOc1ccc(NC(=O)NC(CCSC)C(=O)O)cc1. The van der Waals surface area contributed by atoms with Gasteiger partial charge in [0.15, 0.2) is 0 Å². The number of nitrogens with one attached hydrogen (secondary N) is 2. The first-order valence-corrected chi connectivity index (χ1v) is 7.98. The molecule has 2 amide bonds. The van der Waals surface area contributed by atoms with Gasteiger partial charge in [0.05, 0.1) is 6.61 Å². The molecule has 1 atom stereocenters. The monoisotopic (exact) mass is 312 g/mol. The molecule has 7 heteroatoms. The number of carbonyl (C=O) groups is 2. The topological polar surface area (TPSA) is 87.7 Å². The minimum absolute atomic E-state index is 0.382. The lowest BCUT2D eigenvalue weighted by Crippen LogP contribution is -2.43. The molecule has 1 aromatic rings. The summed E-state index contributed by atoms with van der Waals surface area (Å²) in [5.74, 6) is 0.345. The second-order valence-electron chi connectivity index (χ2n) is 4.23. The molecule has 0 aliphatic rings. The van der Waals surface area contributed by atoms with E-state index < -0.39 is 18.0 Å². The zero-order chi connectivity index (χ0) is 15.7. The van der Waals surface area contributed by atoms with Crippen molar-refractivity contribution >= 4 is 29.4 Å². The van der Waals surface area contributed by atoms with Crippen molar-refractivity contribution in [1.29, 1.82) is 0 Å². The number of ether oxygens (including phenoxy) is 1. The molecule has 0 fully saturated rings. The molecule has 6 nitrogen and oxygen atoms in total. The number of amides is 2. The van der Waals surface area contributed by atoms with Crippen LogP contribution in [0.3, 0.4) is 0 Å². The lowest BCUT2D eigenvalue weighted by atomic mass is 10.2. The van der Waals surface area contributed by atoms with Crippen LogP contribution in [0, 0.1) is 0 Å². The van der Waals surface area contributed by atoms with Gasteiger partial charge in [-0.3, -0.25) is 0 Å². The molecule has 0 aliphatic heterocycles. The third-order valence-corrected chi connectivity index (χ3v) is 3.28. The van der Waals surface area contributed by atoms with E-state index in [4.69, 9.17) is 9.84 Å². The first-order chi connectivity index (χ1) is 10.1. The summed E-state index contributed by atoms with van der Waals surface area (Å²) in [6.07, 6.45) is 2.27. The summed E-state index contributed by atoms with van der Waals surface area (Å²) < 4.78 is 5.30. The van der Waals surface area contributed by atoms with Crippen molar-refractivity contribution in [3.63, 3.8) is 0 Å². The molecular weight excluding hydrogens is 292 g/mol. The van der Waals surface area contributed by atoms with Gasteiger partial charge in [0.2, 0.25) is 0 Å². The Morgan fingerprint density at radius 2 is 2.00 bits per heavy atom. The molecule has 0 spiro atoms. The largest absolute Gasteiger partial charge is 0.494 e. The zero-order valence-corrected chi connectivity index (χ0v) is 12.9. The number of rotatable bonds is 8. The van der Waals surface area contributed by atoms with E-state index in [0.717, 1.165) is 0 Å². The highest BCUT2D eigenvalue weighted by molar-refractivity contribution is 7.98. The van der Waals surface area contributed by atoms with Gasteiger partial charge in [-0.2, -0.15) is 11.8 Å². The van der Waals surface area contributed by atoms with Crippen molar-refractivity contribution in [2.45, 2.75) is 19.4 Å². The van der Waals surface area contributed by atoms with Gasteiger partial charge in [-0.25, -0.2) is 9.59 Å². The number of aliphatic carboxylic acids is 1. The summed E-state index contributed by atoms with van der Waals surface area (Å²) in [7, 11) is 0. The van der Waals surface area contributed by atoms with Crippen molar-refractivity contribution < 1.29 is 19.4 Å². The van der Waals surface area contributed by atoms with Crippen LogP contribution in [0.15, 0.2) is 24.3 Å². The smallest absolute Gasteiger partial charge is 0.326 e. The highest BCUT2D eigenvalue weighted by Gasteiger charge is 2.19. The Morgan fingerprint density at radius 3 is 2.52 bits per heavy atom.